The summed E-state index contributed by atoms with van der Waals surface area (Å²) in [6.07, 6.45) is 3.39. The lowest BCUT2D eigenvalue weighted by molar-refractivity contribution is 0.0936. The lowest BCUT2D eigenvalue weighted by atomic mass is 10.1. The van der Waals surface area contributed by atoms with Gasteiger partial charge in [0.1, 0.15) is 40.7 Å². The monoisotopic (exact) mass is 456 g/mol. The van der Waals surface area contributed by atoms with Gasteiger partial charge in [-0.15, -0.1) is 11.3 Å². The van der Waals surface area contributed by atoms with Crippen LogP contribution in [0.2, 0.25) is 5.02 Å². The number of hydrogen-bond acceptors (Lipinski definition) is 5. The van der Waals surface area contributed by atoms with Crippen LogP contribution in [0.4, 0.5) is 4.39 Å². The molecule has 0 aliphatic rings. The van der Waals surface area contributed by atoms with Crippen molar-refractivity contribution in [3.63, 3.8) is 0 Å². The van der Waals surface area contributed by atoms with Crippen LogP contribution in [0.1, 0.15) is 32.9 Å². The standard InChI is InChI=1S/C22H18ClFN4O2S/c1-28-10-9-25-21(28)20(14-3-2-4-16(24)11-14)27-22(29)18-13-31-19(26-18)12-30-17-7-5-15(23)6-8-17/h2-11,13,20H,12H2,1H3,(H,27,29). The first-order chi connectivity index (χ1) is 15.0. The highest BCUT2D eigenvalue weighted by Crippen LogP contribution is 2.23. The maximum Gasteiger partial charge on any atom is 0.271 e. The molecule has 0 aliphatic carbocycles. The SMILES string of the molecule is Cn1ccnc1C(NC(=O)c1csc(COc2ccc(Cl)cc2)n1)c1cccc(F)c1. The van der Waals surface area contributed by atoms with E-state index in [0.29, 0.717) is 27.2 Å². The number of nitrogens with one attached hydrogen (secondary N) is 1. The van der Waals surface area contributed by atoms with Crippen molar-refractivity contribution in [1.82, 2.24) is 19.9 Å². The highest BCUT2D eigenvalue weighted by Gasteiger charge is 2.23. The molecular formula is C22H18ClFN4O2S. The predicted molar refractivity (Wildman–Crippen MR) is 117 cm³/mol. The number of carbonyl (C=O) groups excluding carboxylic acids is 1. The molecule has 0 radical (unpaired) electrons. The van der Waals surface area contributed by atoms with Crippen molar-refractivity contribution in [2.45, 2.75) is 12.6 Å². The summed E-state index contributed by atoms with van der Waals surface area (Å²) < 4.78 is 21.3. The van der Waals surface area contributed by atoms with Crippen LogP contribution in [0, 0.1) is 5.82 Å². The molecule has 1 amide bonds. The second kappa shape index (κ2) is 9.28. The molecule has 1 N–H and O–H groups in total. The summed E-state index contributed by atoms with van der Waals surface area (Å²) in [6.45, 7) is 0.228. The summed E-state index contributed by atoms with van der Waals surface area (Å²) in [5.41, 5.74) is 0.847. The van der Waals surface area contributed by atoms with Gasteiger partial charge in [-0.1, -0.05) is 23.7 Å². The summed E-state index contributed by atoms with van der Waals surface area (Å²) in [7, 11) is 1.82. The average molecular weight is 457 g/mol. The Morgan fingerprint density at radius 1 is 1.29 bits per heavy atom. The Morgan fingerprint density at radius 3 is 2.81 bits per heavy atom. The fraction of sp³-hybridized carbons (Fsp3) is 0.136. The van der Waals surface area contributed by atoms with Gasteiger partial charge >= 0.3 is 0 Å². The van der Waals surface area contributed by atoms with Crippen LogP contribution < -0.4 is 10.1 Å². The first-order valence-corrected chi connectivity index (χ1v) is 10.6. The molecule has 158 valence electrons. The quantitative estimate of drug-likeness (QED) is 0.435. The van der Waals surface area contributed by atoms with E-state index in [1.54, 1.807) is 58.7 Å². The van der Waals surface area contributed by atoms with Gasteiger partial charge in [0.05, 0.1) is 0 Å². The molecule has 2 aromatic carbocycles. The molecule has 9 heteroatoms. The number of aryl methyl sites for hydroxylation is 1. The lowest BCUT2D eigenvalue weighted by Gasteiger charge is -2.18. The fourth-order valence-electron chi connectivity index (χ4n) is 3.00. The number of rotatable bonds is 7. The molecule has 2 aromatic heterocycles. The van der Waals surface area contributed by atoms with E-state index in [1.165, 1.54) is 23.5 Å². The van der Waals surface area contributed by atoms with Crippen LogP contribution >= 0.6 is 22.9 Å². The van der Waals surface area contributed by atoms with Crippen molar-refractivity contribution in [3.05, 3.63) is 99.2 Å². The summed E-state index contributed by atoms with van der Waals surface area (Å²) in [5, 5.41) is 5.86. The molecule has 31 heavy (non-hydrogen) atoms. The minimum Gasteiger partial charge on any atom is -0.486 e. The van der Waals surface area contributed by atoms with Crippen LogP contribution in [0.25, 0.3) is 0 Å². The lowest BCUT2D eigenvalue weighted by Crippen LogP contribution is -2.31. The zero-order valence-electron chi connectivity index (χ0n) is 16.5. The van der Waals surface area contributed by atoms with Gasteiger partial charge < -0.3 is 14.6 Å². The van der Waals surface area contributed by atoms with Gasteiger partial charge in [0.25, 0.3) is 5.91 Å². The summed E-state index contributed by atoms with van der Waals surface area (Å²) in [6, 6.07) is 12.5. The van der Waals surface area contributed by atoms with Crippen molar-refractivity contribution in [1.29, 1.82) is 0 Å². The molecule has 0 aliphatic heterocycles. The topological polar surface area (TPSA) is 69.0 Å². The van der Waals surface area contributed by atoms with Gasteiger partial charge in [0.2, 0.25) is 0 Å². The smallest absolute Gasteiger partial charge is 0.271 e. The molecular weight excluding hydrogens is 439 g/mol. The molecule has 0 saturated heterocycles. The molecule has 1 unspecified atom stereocenters. The number of hydrogen-bond donors (Lipinski definition) is 1. The number of thiazole rings is 1. The third kappa shape index (κ3) is 5.10. The van der Waals surface area contributed by atoms with E-state index in [2.05, 4.69) is 15.3 Å². The van der Waals surface area contributed by atoms with Gasteiger partial charge in [0.15, 0.2) is 0 Å². The highest BCUT2D eigenvalue weighted by atomic mass is 35.5. The number of imidazole rings is 1. The molecule has 6 nitrogen and oxygen atoms in total. The van der Waals surface area contributed by atoms with E-state index in [4.69, 9.17) is 16.3 Å². The van der Waals surface area contributed by atoms with Gasteiger partial charge in [-0.25, -0.2) is 14.4 Å². The van der Waals surface area contributed by atoms with Crippen molar-refractivity contribution in [2.24, 2.45) is 7.05 Å². The van der Waals surface area contributed by atoms with Gasteiger partial charge in [0, 0.05) is 29.8 Å². The van der Waals surface area contributed by atoms with Crippen molar-refractivity contribution < 1.29 is 13.9 Å². The van der Waals surface area contributed by atoms with Gasteiger partial charge in [-0.2, -0.15) is 0 Å². The number of nitrogens with zero attached hydrogens (tertiary/aromatic N) is 3. The van der Waals surface area contributed by atoms with Crippen molar-refractivity contribution >= 4 is 28.8 Å². The molecule has 4 aromatic rings. The maximum absolute atomic E-state index is 13.8. The summed E-state index contributed by atoms with van der Waals surface area (Å²) in [5.74, 6) is 0.472. The molecule has 1 atom stereocenters. The van der Waals surface area contributed by atoms with Crippen LogP contribution in [-0.4, -0.2) is 20.4 Å². The Balaban J connectivity index is 1.49. The second-order valence-corrected chi connectivity index (χ2v) is 8.11. The number of benzene rings is 2. The van der Waals surface area contributed by atoms with Crippen molar-refractivity contribution in [2.75, 3.05) is 0 Å². The Labute approximate surface area is 187 Å². The fourth-order valence-corrected chi connectivity index (χ4v) is 3.81. The molecule has 0 fully saturated rings. The minimum atomic E-state index is -0.626. The summed E-state index contributed by atoms with van der Waals surface area (Å²) >= 11 is 7.19. The zero-order chi connectivity index (χ0) is 21.8. The Morgan fingerprint density at radius 2 is 2.10 bits per heavy atom. The predicted octanol–water partition coefficient (Wildman–Crippen LogP) is 4.77. The number of carbonyl (C=O) groups is 1. The van der Waals surface area contributed by atoms with Crippen LogP contribution in [-0.2, 0) is 13.7 Å². The Kier molecular flexibility index (Phi) is 6.29. The highest BCUT2D eigenvalue weighted by molar-refractivity contribution is 7.09. The molecule has 0 saturated carbocycles. The van der Waals surface area contributed by atoms with E-state index in [-0.39, 0.29) is 24.0 Å². The largest absolute Gasteiger partial charge is 0.486 e. The van der Waals surface area contributed by atoms with Crippen LogP contribution in [0.3, 0.4) is 0 Å². The number of aromatic nitrogens is 3. The summed E-state index contributed by atoms with van der Waals surface area (Å²) in [4.78, 5) is 21.6. The van der Waals surface area contributed by atoms with Gasteiger partial charge in [-0.05, 0) is 42.0 Å². The van der Waals surface area contributed by atoms with Crippen LogP contribution in [0.15, 0.2) is 66.3 Å². The van der Waals surface area contributed by atoms with Gasteiger partial charge in [-0.3, -0.25) is 4.79 Å². The molecule has 0 spiro atoms. The third-order valence-electron chi connectivity index (χ3n) is 4.53. The minimum absolute atomic E-state index is 0.228. The van der Waals surface area contributed by atoms with Crippen LogP contribution in [0.5, 0.6) is 5.75 Å². The second-order valence-electron chi connectivity index (χ2n) is 6.73. The zero-order valence-corrected chi connectivity index (χ0v) is 18.0. The van der Waals surface area contributed by atoms with E-state index >= 15 is 0 Å². The molecule has 2 heterocycles. The average Bonchev–Trinajstić information content (AvgIpc) is 3.41. The number of ether oxygens (including phenoxy) is 1. The van der Waals surface area contributed by atoms with E-state index < -0.39 is 6.04 Å². The third-order valence-corrected chi connectivity index (χ3v) is 5.61. The number of halogens is 2. The number of amides is 1. The van der Waals surface area contributed by atoms with E-state index in [0.717, 1.165) is 0 Å². The molecule has 4 rings (SSSR count). The van der Waals surface area contributed by atoms with Crippen molar-refractivity contribution in [3.8, 4) is 5.75 Å². The van der Waals surface area contributed by atoms with E-state index in [9.17, 15) is 9.18 Å². The van der Waals surface area contributed by atoms with E-state index in [1.807, 2.05) is 7.05 Å². The maximum atomic E-state index is 13.8. The first-order valence-electron chi connectivity index (χ1n) is 9.36. The first kappa shape index (κ1) is 21.0. The molecule has 0 bridgehead atoms. The Hall–Kier alpha value is -3.23. The normalized spacial score (nSPS) is 11.8. The Bertz CT molecular complexity index is 1190.